The molecule has 1 saturated carbocycles. The molecule has 1 heterocycles. The fraction of sp³-hybridized carbons (Fsp3) is 0.429. The van der Waals surface area contributed by atoms with E-state index in [0.29, 0.717) is 0 Å². The van der Waals surface area contributed by atoms with Crippen molar-refractivity contribution < 1.29 is 9.59 Å². The first-order valence-electron chi connectivity index (χ1n) is 9.59. The highest BCUT2D eigenvalue weighted by Crippen LogP contribution is 2.26. The van der Waals surface area contributed by atoms with Crippen molar-refractivity contribution in [3.8, 4) is 0 Å². The molecule has 144 valence electrons. The number of imide groups is 1. The summed E-state index contributed by atoms with van der Waals surface area (Å²) in [5.41, 5.74) is 1.09. The number of hydrogen-bond acceptors (Lipinski definition) is 4. The maximum Gasteiger partial charge on any atom is 0.321 e. The molecule has 3 rings (SSSR count). The summed E-state index contributed by atoms with van der Waals surface area (Å²) in [5.74, 6) is -0.319. The molecule has 3 N–H and O–H groups in total. The summed E-state index contributed by atoms with van der Waals surface area (Å²) in [5, 5.41) is 10.8. The van der Waals surface area contributed by atoms with Gasteiger partial charge in [-0.05, 0) is 36.8 Å². The average Bonchev–Trinajstić information content (AvgIpc) is 3.21. The molecule has 3 amide bonds. The van der Waals surface area contributed by atoms with Crippen LogP contribution in [0.4, 0.5) is 4.79 Å². The van der Waals surface area contributed by atoms with E-state index in [1.54, 1.807) is 18.3 Å². The van der Waals surface area contributed by atoms with Crippen LogP contribution in [-0.2, 0) is 4.79 Å². The van der Waals surface area contributed by atoms with Crippen LogP contribution in [0.3, 0.4) is 0 Å². The minimum atomic E-state index is -0.505. The fourth-order valence-electron chi connectivity index (χ4n) is 3.46. The molecule has 1 aromatic carbocycles. The molecule has 1 aliphatic rings. The van der Waals surface area contributed by atoms with Gasteiger partial charge in [-0.3, -0.25) is 15.4 Å². The normalized spacial score (nSPS) is 17.1. The molecule has 2 atom stereocenters. The third-order valence-electron chi connectivity index (χ3n) is 4.95. The van der Waals surface area contributed by atoms with Gasteiger partial charge in [-0.15, -0.1) is 11.3 Å². The Hall–Kier alpha value is -2.18. The smallest absolute Gasteiger partial charge is 0.321 e. The lowest BCUT2D eigenvalue weighted by molar-refractivity contribution is -0.121. The molecule has 0 bridgehead atoms. The number of urea groups is 1. The maximum absolute atomic E-state index is 12.5. The Morgan fingerprint density at radius 3 is 2.44 bits per heavy atom. The van der Waals surface area contributed by atoms with E-state index in [1.165, 1.54) is 6.42 Å². The zero-order valence-electron chi connectivity index (χ0n) is 15.6. The maximum atomic E-state index is 12.5. The predicted octanol–water partition coefficient (Wildman–Crippen LogP) is 3.97. The van der Waals surface area contributed by atoms with Gasteiger partial charge in [0.1, 0.15) is 0 Å². The van der Waals surface area contributed by atoms with Gasteiger partial charge < -0.3 is 5.32 Å². The second-order valence-corrected chi connectivity index (χ2v) is 8.02. The van der Waals surface area contributed by atoms with Gasteiger partial charge in [0.25, 0.3) is 0 Å². The number of nitrogens with one attached hydrogen (secondary N) is 3. The van der Waals surface area contributed by atoms with Crippen LogP contribution in [0, 0.1) is 0 Å². The van der Waals surface area contributed by atoms with E-state index in [-0.39, 0.29) is 18.0 Å². The summed E-state index contributed by atoms with van der Waals surface area (Å²) in [4.78, 5) is 25.8. The Balaban J connectivity index is 1.58. The van der Waals surface area contributed by atoms with Crippen LogP contribution in [0.25, 0.3) is 0 Å². The van der Waals surface area contributed by atoms with Gasteiger partial charge in [-0.1, -0.05) is 55.7 Å². The van der Waals surface area contributed by atoms with Gasteiger partial charge in [0.15, 0.2) is 0 Å². The van der Waals surface area contributed by atoms with E-state index in [0.717, 1.165) is 36.1 Å². The van der Waals surface area contributed by atoms with Crippen LogP contribution in [0.1, 0.15) is 55.5 Å². The van der Waals surface area contributed by atoms with E-state index in [1.807, 2.05) is 41.8 Å². The Bertz CT molecular complexity index is 727. The Labute approximate surface area is 164 Å². The van der Waals surface area contributed by atoms with Crippen molar-refractivity contribution in [2.45, 2.75) is 57.2 Å². The van der Waals surface area contributed by atoms with E-state index in [9.17, 15) is 9.59 Å². The van der Waals surface area contributed by atoms with Crippen LogP contribution >= 0.6 is 11.3 Å². The summed E-state index contributed by atoms with van der Waals surface area (Å²) >= 11 is 1.64. The lowest BCUT2D eigenvalue weighted by atomic mass is 9.96. The monoisotopic (exact) mass is 385 g/mol. The van der Waals surface area contributed by atoms with Crippen molar-refractivity contribution in [2.24, 2.45) is 0 Å². The van der Waals surface area contributed by atoms with Gasteiger partial charge >= 0.3 is 6.03 Å². The molecule has 1 fully saturated rings. The van der Waals surface area contributed by atoms with Gasteiger partial charge in [-0.25, -0.2) is 4.79 Å². The summed E-state index contributed by atoms with van der Waals surface area (Å²) < 4.78 is 0. The Kier molecular flexibility index (Phi) is 7.01. The molecule has 1 aromatic heterocycles. The first-order chi connectivity index (χ1) is 13.1. The third kappa shape index (κ3) is 5.65. The topological polar surface area (TPSA) is 70.2 Å². The van der Waals surface area contributed by atoms with Crippen LogP contribution in [0.2, 0.25) is 0 Å². The van der Waals surface area contributed by atoms with Gasteiger partial charge in [0, 0.05) is 10.9 Å². The molecule has 6 heteroatoms. The number of carbonyl (C=O) groups excluding carboxylic acids is 2. The summed E-state index contributed by atoms with van der Waals surface area (Å²) in [6, 6.07) is 13.3. The predicted molar refractivity (Wildman–Crippen MR) is 109 cm³/mol. The first kappa shape index (κ1) is 19.6. The summed E-state index contributed by atoms with van der Waals surface area (Å²) in [7, 11) is 0. The van der Waals surface area contributed by atoms with Crippen molar-refractivity contribution >= 4 is 23.3 Å². The van der Waals surface area contributed by atoms with E-state index < -0.39 is 12.1 Å². The highest BCUT2D eigenvalue weighted by Gasteiger charge is 2.23. The zero-order valence-corrected chi connectivity index (χ0v) is 16.4. The molecule has 1 aliphatic carbocycles. The first-order valence-corrected chi connectivity index (χ1v) is 10.5. The number of amides is 3. The van der Waals surface area contributed by atoms with Crippen LogP contribution in [0.15, 0.2) is 47.8 Å². The van der Waals surface area contributed by atoms with Gasteiger partial charge in [0.05, 0.1) is 12.1 Å². The lowest BCUT2D eigenvalue weighted by Crippen LogP contribution is -2.51. The molecule has 5 nitrogen and oxygen atoms in total. The molecular formula is C21H27N3O2S. The highest BCUT2D eigenvalue weighted by molar-refractivity contribution is 7.10. The Morgan fingerprint density at radius 1 is 1.04 bits per heavy atom. The molecule has 0 saturated heterocycles. The van der Waals surface area contributed by atoms with Crippen molar-refractivity contribution in [1.29, 1.82) is 0 Å². The van der Waals surface area contributed by atoms with Gasteiger partial charge in [0.2, 0.25) is 5.91 Å². The number of benzene rings is 1. The minimum Gasteiger partial charge on any atom is -0.335 e. The second-order valence-electron chi connectivity index (χ2n) is 7.05. The lowest BCUT2D eigenvalue weighted by Gasteiger charge is -2.24. The number of rotatable bonds is 6. The largest absolute Gasteiger partial charge is 0.335 e. The fourth-order valence-corrected chi connectivity index (χ4v) is 4.27. The van der Waals surface area contributed by atoms with E-state index in [2.05, 4.69) is 22.0 Å². The van der Waals surface area contributed by atoms with Crippen LogP contribution < -0.4 is 16.0 Å². The third-order valence-corrected chi connectivity index (χ3v) is 5.88. The molecule has 0 unspecified atom stereocenters. The molecule has 2 aromatic rings. The Morgan fingerprint density at radius 2 is 1.78 bits per heavy atom. The summed E-state index contributed by atoms with van der Waals surface area (Å²) in [6.07, 6.45) is 5.48. The quantitative estimate of drug-likeness (QED) is 0.704. The molecule has 0 spiro atoms. The van der Waals surface area contributed by atoms with Crippen LogP contribution in [-0.4, -0.2) is 24.0 Å². The van der Waals surface area contributed by atoms with Crippen molar-refractivity contribution in [3.63, 3.8) is 0 Å². The molecule has 0 radical (unpaired) electrons. The van der Waals surface area contributed by atoms with Gasteiger partial charge in [-0.2, -0.15) is 0 Å². The summed E-state index contributed by atoms with van der Waals surface area (Å²) in [6.45, 7) is 1.78. The standard InChI is InChI=1S/C21H27N3O2S/c1-15(20(25)24-21(26)23-17-11-6-3-7-12-17)22-19(18-13-8-14-27-18)16-9-4-2-5-10-16/h2,4-5,8-10,13-15,17,19,22H,3,6-7,11-12H2,1H3,(H2,23,24,25,26)/t15-,19+/m1/s1. The molecular weight excluding hydrogens is 358 g/mol. The SMILES string of the molecule is C[C@@H](N[C@@H](c1ccccc1)c1cccs1)C(=O)NC(=O)NC1CCCCC1. The highest BCUT2D eigenvalue weighted by atomic mass is 32.1. The van der Waals surface area contributed by atoms with Crippen LogP contribution in [0.5, 0.6) is 0 Å². The van der Waals surface area contributed by atoms with E-state index in [4.69, 9.17) is 0 Å². The van der Waals surface area contributed by atoms with Crippen molar-refractivity contribution in [2.75, 3.05) is 0 Å². The minimum absolute atomic E-state index is 0.0895. The number of thiophene rings is 1. The van der Waals surface area contributed by atoms with E-state index >= 15 is 0 Å². The number of hydrogen-bond donors (Lipinski definition) is 3. The van der Waals surface area contributed by atoms with Crippen molar-refractivity contribution in [3.05, 3.63) is 58.3 Å². The molecule has 27 heavy (non-hydrogen) atoms. The average molecular weight is 386 g/mol. The van der Waals surface area contributed by atoms with Crippen molar-refractivity contribution in [1.82, 2.24) is 16.0 Å². The molecule has 0 aliphatic heterocycles. The number of carbonyl (C=O) groups is 2. The second kappa shape index (κ2) is 9.67. The zero-order chi connectivity index (χ0) is 19.1.